The maximum absolute atomic E-state index is 5.82. The van der Waals surface area contributed by atoms with Crippen LogP contribution in [-0.4, -0.2) is 17.1 Å². The fourth-order valence-corrected chi connectivity index (χ4v) is 1.76. The smallest absolute Gasteiger partial charge is 0.145 e. The monoisotopic (exact) mass is 229 g/mol. The molecule has 1 aromatic carbocycles. The zero-order valence-electron chi connectivity index (χ0n) is 9.92. The van der Waals surface area contributed by atoms with Crippen molar-refractivity contribution in [3.05, 3.63) is 47.9 Å². The number of nitrogens with zero attached hydrogens (tertiary/aromatic N) is 2. The van der Waals surface area contributed by atoms with E-state index >= 15 is 0 Å². The molecule has 2 N–H and O–H groups in total. The number of ether oxygens (including phenoxy) is 1. The Bertz CT molecular complexity index is 514. The van der Waals surface area contributed by atoms with E-state index in [0.717, 1.165) is 17.0 Å². The summed E-state index contributed by atoms with van der Waals surface area (Å²) in [5.41, 5.74) is 7.72. The van der Waals surface area contributed by atoms with Crippen LogP contribution >= 0.6 is 0 Å². The Kier molecular flexibility index (Phi) is 3.23. The predicted molar refractivity (Wildman–Crippen MR) is 67.0 cm³/mol. The third kappa shape index (κ3) is 2.36. The summed E-state index contributed by atoms with van der Waals surface area (Å²) in [6.45, 7) is 2.05. The van der Waals surface area contributed by atoms with Crippen LogP contribution in [-0.2, 0) is 0 Å². The van der Waals surface area contributed by atoms with E-state index in [-0.39, 0.29) is 5.92 Å². The highest BCUT2D eigenvalue weighted by molar-refractivity contribution is 5.42. The first-order chi connectivity index (χ1) is 8.22. The average molecular weight is 229 g/mol. The van der Waals surface area contributed by atoms with Gasteiger partial charge in [-0.25, -0.2) is 4.98 Å². The largest absolute Gasteiger partial charge is 0.497 e. The fourth-order valence-electron chi connectivity index (χ4n) is 1.76. The third-order valence-corrected chi connectivity index (χ3v) is 2.76. The van der Waals surface area contributed by atoms with E-state index < -0.39 is 0 Å². The van der Waals surface area contributed by atoms with Gasteiger partial charge in [0.25, 0.3) is 0 Å². The second kappa shape index (κ2) is 4.82. The van der Waals surface area contributed by atoms with Crippen LogP contribution < -0.4 is 10.5 Å². The van der Waals surface area contributed by atoms with Crippen LogP contribution in [0.5, 0.6) is 5.75 Å². The molecule has 2 rings (SSSR count). The van der Waals surface area contributed by atoms with Crippen LogP contribution in [0.1, 0.15) is 24.1 Å². The predicted octanol–water partition coefficient (Wildman–Crippen LogP) is 2.22. The standard InChI is InChI=1S/C13H15N3O/c1-9(12-13(14)16-7-6-15-12)10-4-3-5-11(8-10)17-2/h3-9H,1-2H3,(H2,14,16)/t9-/m1/s1. The quantitative estimate of drug-likeness (QED) is 0.876. The van der Waals surface area contributed by atoms with Crippen molar-refractivity contribution in [2.24, 2.45) is 0 Å². The Morgan fingerprint density at radius 2 is 2.00 bits per heavy atom. The molecule has 0 bridgehead atoms. The molecule has 1 heterocycles. The fraction of sp³-hybridized carbons (Fsp3) is 0.231. The van der Waals surface area contributed by atoms with Gasteiger partial charge in [0, 0.05) is 18.3 Å². The van der Waals surface area contributed by atoms with Gasteiger partial charge in [-0.3, -0.25) is 4.98 Å². The molecule has 0 fully saturated rings. The van der Waals surface area contributed by atoms with Crippen molar-refractivity contribution in [3.8, 4) is 5.75 Å². The molecule has 0 unspecified atom stereocenters. The molecule has 0 amide bonds. The molecule has 4 heteroatoms. The number of rotatable bonds is 3. The lowest BCUT2D eigenvalue weighted by Crippen LogP contribution is -2.05. The van der Waals surface area contributed by atoms with Crippen molar-refractivity contribution in [2.45, 2.75) is 12.8 Å². The van der Waals surface area contributed by atoms with Crippen molar-refractivity contribution >= 4 is 5.82 Å². The molecule has 0 radical (unpaired) electrons. The minimum Gasteiger partial charge on any atom is -0.497 e. The van der Waals surface area contributed by atoms with Crippen LogP contribution in [0.2, 0.25) is 0 Å². The van der Waals surface area contributed by atoms with Gasteiger partial charge in [-0.15, -0.1) is 0 Å². The summed E-state index contributed by atoms with van der Waals surface area (Å²) < 4.78 is 5.20. The summed E-state index contributed by atoms with van der Waals surface area (Å²) in [5, 5.41) is 0. The van der Waals surface area contributed by atoms with Gasteiger partial charge in [0.2, 0.25) is 0 Å². The van der Waals surface area contributed by atoms with Gasteiger partial charge in [0.1, 0.15) is 11.6 Å². The van der Waals surface area contributed by atoms with Crippen molar-refractivity contribution in [2.75, 3.05) is 12.8 Å². The Morgan fingerprint density at radius 1 is 1.24 bits per heavy atom. The zero-order valence-corrected chi connectivity index (χ0v) is 9.92. The van der Waals surface area contributed by atoms with Gasteiger partial charge in [-0.1, -0.05) is 19.1 Å². The number of anilines is 1. The van der Waals surface area contributed by atoms with E-state index in [9.17, 15) is 0 Å². The molecule has 0 aliphatic heterocycles. The highest BCUT2D eigenvalue weighted by atomic mass is 16.5. The Balaban J connectivity index is 2.37. The summed E-state index contributed by atoms with van der Waals surface area (Å²) in [4.78, 5) is 8.33. The van der Waals surface area contributed by atoms with Crippen molar-refractivity contribution < 1.29 is 4.74 Å². The lowest BCUT2D eigenvalue weighted by Gasteiger charge is -2.13. The zero-order chi connectivity index (χ0) is 12.3. The molecular weight excluding hydrogens is 214 g/mol. The summed E-state index contributed by atoms with van der Waals surface area (Å²) in [6, 6.07) is 7.88. The van der Waals surface area contributed by atoms with E-state index in [4.69, 9.17) is 10.5 Å². The van der Waals surface area contributed by atoms with Gasteiger partial charge in [0.05, 0.1) is 12.8 Å². The molecule has 0 spiro atoms. The van der Waals surface area contributed by atoms with Gasteiger partial charge in [-0.05, 0) is 17.7 Å². The van der Waals surface area contributed by atoms with Gasteiger partial charge < -0.3 is 10.5 Å². The normalized spacial score (nSPS) is 12.1. The molecule has 1 aromatic heterocycles. The van der Waals surface area contributed by atoms with Gasteiger partial charge >= 0.3 is 0 Å². The van der Waals surface area contributed by atoms with Crippen LogP contribution in [0.3, 0.4) is 0 Å². The topological polar surface area (TPSA) is 61.0 Å². The van der Waals surface area contributed by atoms with Crippen LogP contribution in [0, 0.1) is 0 Å². The highest BCUT2D eigenvalue weighted by Crippen LogP contribution is 2.27. The molecule has 17 heavy (non-hydrogen) atoms. The van der Waals surface area contributed by atoms with Gasteiger partial charge in [-0.2, -0.15) is 0 Å². The molecule has 0 saturated heterocycles. The Labute approximate surface area is 100 Å². The van der Waals surface area contributed by atoms with Gasteiger partial charge in [0.15, 0.2) is 0 Å². The van der Waals surface area contributed by atoms with Crippen molar-refractivity contribution in [1.29, 1.82) is 0 Å². The lowest BCUT2D eigenvalue weighted by molar-refractivity contribution is 0.414. The Hall–Kier alpha value is -2.10. The first kappa shape index (κ1) is 11.4. The summed E-state index contributed by atoms with van der Waals surface area (Å²) in [7, 11) is 1.65. The van der Waals surface area contributed by atoms with E-state index in [1.54, 1.807) is 19.5 Å². The molecule has 4 nitrogen and oxygen atoms in total. The van der Waals surface area contributed by atoms with Crippen LogP contribution in [0.15, 0.2) is 36.7 Å². The van der Waals surface area contributed by atoms with E-state index in [1.165, 1.54) is 0 Å². The maximum Gasteiger partial charge on any atom is 0.145 e. The summed E-state index contributed by atoms with van der Waals surface area (Å²) in [6.07, 6.45) is 3.25. The van der Waals surface area contributed by atoms with E-state index in [1.807, 2.05) is 24.3 Å². The SMILES string of the molecule is COc1cccc([C@@H](C)c2nccnc2N)c1. The Morgan fingerprint density at radius 3 is 2.71 bits per heavy atom. The second-order valence-corrected chi connectivity index (χ2v) is 3.83. The molecule has 88 valence electrons. The van der Waals surface area contributed by atoms with E-state index in [0.29, 0.717) is 5.82 Å². The number of benzene rings is 1. The third-order valence-electron chi connectivity index (χ3n) is 2.76. The number of methoxy groups -OCH3 is 1. The molecule has 1 atom stereocenters. The van der Waals surface area contributed by atoms with Crippen molar-refractivity contribution in [1.82, 2.24) is 9.97 Å². The number of hydrogen-bond acceptors (Lipinski definition) is 4. The molecule has 2 aromatic rings. The number of aromatic nitrogens is 2. The number of nitrogen functional groups attached to an aromatic ring is 1. The molecule has 0 aliphatic carbocycles. The first-order valence-electron chi connectivity index (χ1n) is 5.42. The lowest BCUT2D eigenvalue weighted by atomic mass is 9.97. The van der Waals surface area contributed by atoms with Crippen molar-refractivity contribution in [3.63, 3.8) is 0 Å². The number of nitrogens with two attached hydrogens (primary N) is 1. The molecule has 0 aliphatic rings. The maximum atomic E-state index is 5.82. The van der Waals surface area contributed by atoms with E-state index in [2.05, 4.69) is 16.9 Å². The molecular formula is C13H15N3O. The number of hydrogen-bond donors (Lipinski definition) is 1. The second-order valence-electron chi connectivity index (χ2n) is 3.83. The highest BCUT2D eigenvalue weighted by Gasteiger charge is 2.13. The summed E-state index contributed by atoms with van der Waals surface area (Å²) in [5.74, 6) is 1.40. The van der Waals surface area contributed by atoms with Crippen LogP contribution in [0.25, 0.3) is 0 Å². The summed E-state index contributed by atoms with van der Waals surface area (Å²) >= 11 is 0. The molecule has 0 saturated carbocycles. The minimum atomic E-state index is 0.0961. The average Bonchev–Trinajstić information content (AvgIpc) is 2.38. The first-order valence-corrected chi connectivity index (χ1v) is 5.42. The minimum absolute atomic E-state index is 0.0961. The van der Waals surface area contributed by atoms with Crippen LogP contribution in [0.4, 0.5) is 5.82 Å².